The lowest BCUT2D eigenvalue weighted by molar-refractivity contribution is 0.0665. The molecule has 4 aromatic rings. The first-order chi connectivity index (χ1) is 15.6. The summed E-state index contributed by atoms with van der Waals surface area (Å²) in [4.78, 5) is 12.4. The molecule has 0 radical (unpaired) electrons. The lowest BCUT2D eigenvalue weighted by atomic mass is 9.91. The SMILES string of the molecule is COc1cc(-c2c(C(C)C)nc([N+]34CCN(CC3)CC4)c3cc4[nH]ncc4cc23)ccn1. The molecule has 0 unspecified atom stereocenters. The number of aromatic amines is 1. The summed E-state index contributed by atoms with van der Waals surface area (Å²) in [6, 6.07) is 8.64. The van der Waals surface area contributed by atoms with Gasteiger partial charge in [0, 0.05) is 42.8 Å². The van der Waals surface area contributed by atoms with Crippen molar-refractivity contribution in [2.24, 2.45) is 0 Å². The van der Waals surface area contributed by atoms with Crippen LogP contribution in [0.1, 0.15) is 25.5 Å². The van der Waals surface area contributed by atoms with E-state index < -0.39 is 0 Å². The van der Waals surface area contributed by atoms with Crippen molar-refractivity contribution in [3.05, 3.63) is 42.4 Å². The number of benzene rings is 1. The minimum Gasteiger partial charge on any atom is -0.481 e. The van der Waals surface area contributed by atoms with Crippen molar-refractivity contribution in [2.75, 3.05) is 46.4 Å². The van der Waals surface area contributed by atoms with Crippen molar-refractivity contribution in [1.82, 2.24) is 29.5 Å². The molecular weight excluding hydrogens is 400 g/mol. The number of fused-ring (bicyclic) bond motifs is 5. The Labute approximate surface area is 187 Å². The summed E-state index contributed by atoms with van der Waals surface area (Å²) in [5, 5.41) is 11.1. The fourth-order valence-electron chi connectivity index (χ4n) is 5.50. The molecule has 6 heterocycles. The predicted molar refractivity (Wildman–Crippen MR) is 128 cm³/mol. The Morgan fingerprint density at radius 3 is 2.56 bits per heavy atom. The highest BCUT2D eigenvalue weighted by Crippen LogP contribution is 2.43. The fourth-order valence-corrected chi connectivity index (χ4v) is 5.50. The van der Waals surface area contributed by atoms with E-state index in [1.54, 1.807) is 7.11 Å². The number of nitrogens with zero attached hydrogens (tertiary/aromatic N) is 5. The van der Waals surface area contributed by atoms with Gasteiger partial charge in [0.25, 0.3) is 0 Å². The first kappa shape index (κ1) is 19.6. The third-order valence-electron chi connectivity index (χ3n) is 7.33. The van der Waals surface area contributed by atoms with E-state index in [9.17, 15) is 0 Å². The summed E-state index contributed by atoms with van der Waals surface area (Å²) in [5.41, 5.74) is 4.47. The monoisotopic (exact) mass is 429 g/mol. The van der Waals surface area contributed by atoms with Crippen LogP contribution in [0.25, 0.3) is 32.8 Å². The first-order valence-corrected chi connectivity index (χ1v) is 11.5. The molecule has 7 rings (SSSR count). The zero-order chi connectivity index (χ0) is 21.9. The van der Waals surface area contributed by atoms with Crippen LogP contribution in [-0.4, -0.2) is 71.4 Å². The van der Waals surface area contributed by atoms with Crippen molar-refractivity contribution in [3.63, 3.8) is 0 Å². The molecule has 0 atom stereocenters. The standard InChI is InChI=1S/C25H29N6O/c1-16(2)24-23(17-4-5-26-22(13-17)32-3)19-12-18-15-27-29-21(18)14-20(19)25(28-24)31-9-6-30(7-10-31)8-11-31/h4-5,12-16H,6-11H2,1-3H3,(H,27,29)/q+1. The molecule has 3 aromatic heterocycles. The zero-order valence-corrected chi connectivity index (χ0v) is 18.9. The Kier molecular flexibility index (Phi) is 4.45. The molecule has 0 saturated carbocycles. The van der Waals surface area contributed by atoms with Gasteiger partial charge in [0.05, 0.1) is 49.5 Å². The first-order valence-electron chi connectivity index (χ1n) is 11.5. The van der Waals surface area contributed by atoms with E-state index in [1.165, 1.54) is 22.2 Å². The van der Waals surface area contributed by atoms with Gasteiger partial charge < -0.3 is 4.74 Å². The number of hydrogen-bond donors (Lipinski definition) is 1. The highest BCUT2D eigenvalue weighted by atomic mass is 16.5. The maximum atomic E-state index is 5.47. The largest absolute Gasteiger partial charge is 0.481 e. The molecule has 164 valence electrons. The maximum Gasteiger partial charge on any atom is 0.236 e. The lowest BCUT2D eigenvalue weighted by Crippen LogP contribution is -2.68. The summed E-state index contributed by atoms with van der Waals surface area (Å²) < 4.78 is 6.43. The van der Waals surface area contributed by atoms with Gasteiger partial charge in [-0.2, -0.15) is 10.1 Å². The van der Waals surface area contributed by atoms with Crippen molar-refractivity contribution >= 4 is 27.5 Å². The van der Waals surface area contributed by atoms with Crippen LogP contribution in [-0.2, 0) is 0 Å². The topological polar surface area (TPSA) is 66.9 Å². The minimum atomic E-state index is 0.289. The summed E-state index contributed by atoms with van der Waals surface area (Å²) in [6.07, 6.45) is 3.73. The van der Waals surface area contributed by atoms with Gasteiger partial charge in [-0.1, -0.05) is 13.8 Å². The molecule has 1 N–H and O–H groups in total. The van der Waals surface area contributed by atoms with Crippen LogP contribution < -0.4 is 9.22 Å². The lowest BCUT2D eigenvalue weighted by Gasteiger charge is -2.49. The smallest absolute Gasteiger partial charge is 0.236 e. The van der Waals surface area contributed by atoms with Crippen molar-refractivity contribution in [1.29, 1.82) is 0 Å². The van der Waals surface area contributed by atoms with Gasteiger partial charge in [-0.15, -0.1) is 0 Å². The van der Waals surface area contributed by atoms with Gasteiger partial charge in [0.15, 0.2) is 0 Å². The Hall–Kier alpha value is -3.03. The van der Waals surface area contributed by atoms with E-state index in [-0.39, 0.29) is 5.92 Å². The Morgan fingerprint density at radius 2 is 1.84 bits per heavy atom. The molecule has 2 bridgehead atoms. The third-order valence-corrected chi connectivity index (χ3v) is 7.33. The molecule has 3 aliphatic heterocycles. The van der Waals surface area contributed by atoms with Gasteiger partial charge in [0.2, 0.25) is 11.7 Å². The van der Waals surface area contributed by atoms with Crippen LogP contribution in [0.2, 0.25) is 0 Å². The molecule has 7 nitrogen and oxygen atoms in total. The number of methoxy groups -OCH3 is 1. The molecule has 3 saturated heterocycles. The third kappa shape index (κ3) is 2.92. The van der Waals surface area contributed by atoms with Crippen LogP contribution in [0, 0.1) is 0 Å². The van der Waals surface area contributed by atoms with Gasteiger partial charge >= 0.3 is 0 Å². The summed E-state index contributed by atoms with van der Waals surface area (Å²) in [5.74, 6) is 2.13. The summed E-state index contributed by atoms with van der Waals surface area (Å²) >= 11 is 0. The number of quaternary nitrogens is 1. The highest BCUT2D eigenvalue weighted by Gasteiger charge is 2.43. The van der Waals surface area contributed by atoms with Gasteiger partial charge in [-0.25, -0.2) is 4.98 Å². The number of ether oxygens (including phenoxy) is 1. The summed E-state index contributed by atoms with van der Waals surface area (Å²) in [6.45, 7) is 11.3. The van der Waals surface area contributed by atoms with Crippen molar-refractivity contribution in [3.8, 4) is 17.0 Å². The molecule has 0 spiro atoms. The number of piperazine rings is 3. The maximum absolute atomic E-state index is 5.47. The van der Waals surface area contributed by atoms with Crippen LogP contribution in [0.3, 0.4) is 0 Å². The highest BCUT2D eigenvalue weighted by molar-refractivity contribution is 6.08. The molecule has 3 fully saturated rings. The van der Waals surface area contributed by atoms with Gasteiger partial charge in [-0.05, 0) is 35.1 Å². The van der Waals surface area contributed by atoms with Crippen molar-refractivity contribution < 1.29 is 4.74 Å². The van der Waals surface area contributed by atoms with E-state index in [2.05, 4.69) is 52.1 Å². The number of H-pyrrole nitrogens is 1. The number of pyridine rings is 2. The van der Waals surface area contributed by atoms with Crippen LogP contribution in [0.5, 0.6) is 5.88 Å². The Bertz CT molecular complexity index is 1310. The second-order valence-corrected chi connectivity index (χ2v) is 9.45. The van der Waals surface area contributed by atoms with Crippen molar-refractivity contribution in [2.45, 2.75) is 19.8 Å². The Balaban J connectivity index is 1.71. The summed E-state index contributed by atoms with van der Waals surface area (Å²) in [7, 11) is 1.66. The number of aromatic nitrogens is 4. The zero-order valence-electron chi connectivity index (χ0n) is 18.9. The van der Waals surface area contributed by atoms with E-state index in [0.717, 1.165) is 65.9 Å². The number of rotatable bonds is 4. The fraction of sp³-hybridized carbons (Fsp3) is 0.400. The molecule has 32 heavy (non-hydrogen) atoms. The molecule has 0 aliphatic carbocycles. The molecular formula is C25H29N6O+. The van der Waals surface area contributed by atoms with Crippen LogP contribution in [0.15, 0.2) is 36.7 Å². The average molecular weight is 430 g/mol. The second kappa shape index (κ2) is 7.25. The average Bonchev–Trinajstić information content (AvgIpc) is 3.30. The molecule has 0 amide bonds. The van der Waals surface area contributed by atoms with Gasteiger partial charge in [0.1, 0.15) is 0 Å². The Morgan fingerprint density at radius 1 is 1.06 bits per heavy atom. The van der Waals surface area contributed by atoms with E-state index in [4.69, 9.17) is 9.72 Å². The molecule has 3 aliphatic rings. The quantitative estimate of drug-likeness (QED) is 0.498. The van der Waals surface area contributed by atoms with E-state index in [1.807, 2.05) is 18.5 Å². The van der Waals surface area contributed by atoms with Gasteiger partial charge in [-0.3, -0.25) is 14.5 Å². The molecule has 1 aromatic carbocycles. The van der Waals surface area contributed by atoms with Crippen LogP contribution >= 0.6 is 0 Å². The van der Waals surface area contributed by atoms with E-state index in [0.29, 0.717) is 5.88 Å². The van der Waals surface area contributed by atoms with Crippen LogP contribution in [0.4, 0.5) is 5.82 Å². The number of hydrogen-bond acceptors (Lipinski definition) is 5. The predicted octanol–water partition coefficient (Wildman–Crippen LogP) is 3.94. The number of nitrogens with one attached hydrogen (secondary N) is 1. The molecule has 7 heteroatoms. The minimum absolute atomic E-state index is 0.289. The van der Waals surface area contributed by atoms with E-state index >= 15 is 0 Å². The normalized spacial score (nSPS) is 22.8. The second-order valence-electron chi connectivity index (χ2n) is 9.45.